The number of amides is 1. The van der Waals surface area contributed by atoms with Crippen LogP contribution < -0.4 is 14.8 Å². The van der Waals surface area contributed by atoms with Crippen LogP contribution in [-0.4, -0.2) is 130 Å². The number of rotatable bonds is 21. The molecule has 6 N–H and O–H groups in total. The van der Waals surface area contributed by atoms with Gasteiger partial charge in [0.25, 0.3) is 26.1 Å². The molecule has 34 heteroatoms. The molecule has 0 heterocycles. The van der Waals surface area contributed by atoms with E-state index in [9.17, 15) is 74.3 Å². The van der Waals surface area contributed by atoms with Crippen LogP contribution in [0.2, 0.25) is 0 Å². The van der Waals surface area contributed by atoms with Crippen LogP contribution in [0.4, 0.5) is 22.7 Å². The zero-order chi connectivity index (χ0) is 51.5. The topological polar surface area (TPSA) is 439 Å². The number of anilines is 1. The normalized spacial score (nSPS) is 13.5. The van der Waals surface area contributed by atoms with Crippen molar-refractivity contribution in [2.75, 3.05) is 44.3 Å². The number of nitrogens with zero attached hydrogens (tertiary/aromatic N) is 4. The van der Waals surface area contributed by atoms with Crippen molar-refractivity contribution in [1.82, 2.24) is 0 Å². The van der Waals surface area contributed by atoms with Gasteiger partial charge in [-0.25, -0.2) is 25.2 Å². The van der Waals surface area contributed by atoms with Crippen molar-refractivity contribution in [3.05, 3.63) is 53.6 Å². The largest absolute Gasteiger partial charge is 0.505 e. The molecule has 0 aliphatic carbocycles. The third-order valence-electron chi connectivity index (χ3n) is 8.93. The summed E-state index contributed by atoms with van der Waals surface area (Å²) in [5.41, 5.74) is -2.56. The molecule has 372 valence electrons. The van der Waals surface area contributed by atoms with Gasteiger partial charge in [-0.1, -0.05) is 0 Å². The second kappa shape index (κ2) is 20.5. The number of nitrogens with one attached hydrogen (secondary N) is 1. The third-order valence-corrected chi connectivity index (χ3v) is 15.2. The molecule has 0 fully saturated rings. The molecule has 0 aliphatic heterocycles. The first-order chi connectivity index (χ1) is 31.1. The molecule has 0 bridgehead atoms. The summed E-state index contributed by atoms with van der Waals surface area (Å²) in [5, 5.41) is 27.5. The van der Waals surface area contributed by atoms with Gasteiger partial charge in [0, 0.05) is 17.5 Å². The Kier molecular flexibility index (Phi) is 16.6. The van der Waals surface area contributed by atoms with Gasteiger partial charge in [-0.05, 0) is 67.6 Å². The maximum Gasteiger partial charge on any atom is 0.397 e. The Hall–Kier alpha value is -5.66. The van der Waals surface area contributed by atoms with E-state index in [1.54, 1.807) is 0 Å². The van der Waals surface area contributed by atoms with Crippen molar-refractivity contribution in [2.45, 2.75) is 46.4 Å². The molecule has 4 aromatic rings. The van der Waals surface area contributed by atoms with E-state index in [0.717, 1.165) is 45.4 Å². The number of carbonyl (C=O) groups is 2. The highest BCUT2D eigenvalue weighted by Gasteiger charge is 2.30. The Labute approximate surface area is 387 Å². The maximum absolute atomic E-state index is 13.6. The Morgan fingerprint density at radius 2 is 1.06 bits per heavy atom. The number of ketones is 1. The van der Waals surface area contributed by atoms with E-state index in [-0.39, 0.29) is 34.0 Å². The first-order valence-electron chi connectivity index (χ1n) is 18.1. The number of ether oxygens (including phenoxy) is 2. The number of aromatic hydroxyl groups is 1. The van der Waals surface area contributed by atoms with Crippen LogP contribution in [0.3, 0.4) is 0 Å². The second-order valence-corrected chi connectivity index (χ2v) is 22.8. The highest BCUT2D eigenvalue weighted by Crippen LogP contribution is 2.45. The molecule has 1 unspecified atom stereocenters. The van der Waals surface area contributed by atoms with E-state index in [1.165, 1.54) is 13.8 Å². The molecule has 4 rings (SSSR count). The van der Waals surface area contributed by atoms with Gasteiger partial charge in [-0.2, -0.15) is 43.9 Å². The fourth-order valence-corrected chi connectivity index (χ4v) is 10.7. The number of methoxy groups -OCH3 is 2. The second-order valence-electron chi connectivity index (χ2n) is 13.7. The van der Waals surface area contributed by atoms with E-state index in [0.29, 0.717) is 18.2 Å². The molecular weight excluding hydrogens is 1040 g/mol. The SMILES string of the molecule is COc1cc(S(=O)(=O)CCOS(=O)(=O)O)c(C)cc1N=Nc1c(S(=O)(=O)O)cc2cc(S(=O)(=O)O)c(NC(=O)C(N=Nc3cc(C)c(S(=O)(=O)CCOS(=O)(=O)O)cc3OC)C(C)=O)cc2c1O. The number of sulfone groups is 2. The lowest BCUT2D eigenvalue weighted by Gasteiger charge is -2.15. The number of azo groups is 2. The zero-order valence-corrected chi connectivity index (χ0v) is 40.2. The molecule has 1 atom stereocenters. The summed E-state index contributed by atoms with van der Waals surface area (Å²) >= 11 is 0. The Morgan fingerprint density at radius 1 is 0.618 bits per heavy atom. The van der Waals surface area contributed by atoms with Gasteiger partial charge < -0.3 is 19.9 Å². The molecule has 0 aliphatic rings. The lowest BCUT2D eigenvalue weighted by molar-refractivity contribution is -0.126. The molecule has 0 spiro atoms. The summed E-state index contributed by atoms with van der Waals surface area (Å²) in [6.45, 7) is 1.48. The highest BCUT2D eigenvalue weighted by atomic mass is 32.3. The summed E-state index contributed by atoms with van der Waals surface area (Å²) in [6, 6.07) is 3.75. The third kappa shape index (κ3) is 13.7. The van der Waals surface area contributed by atoms with E-state index < -0.39 is 151 Å². The van der Waals surface area contributed by atoms with Gasteiger partial charge in [-0.15, -0.1) is 10.2 Å². The number of Topliss-reactive ketones (excluding diaryl/α,β-unsaturated/α-hetero) is 1. The predicted octanol–water partition coefficient (Wildman–Crippen LogP) is 2.95. The van der Waals surface area contributed by atoms with Crippen LogP contribution in [-0.2, 0) is 78.7 Å². The van der Waals surface area contributed by atoms with Gasteiger partial charge in [0.05, 0.1) is 54.4 Å². The van der Waals surface area contributed by atoms with Crippen LogP contribution in [0.15, 0.2) is 82.5 Å². The molecule has 0 aromatic heterocycles. The molecular formula is C34H37N5O23S6. The van der Waals surface area contributed by atoms with Gasteiger partial charge in [0.15, 0.2) is 31.2 Å². The van der Waals surface area contributed by atoms with Gasteiger partial charge in [0.2, 0.25) is 6.04 Å². The van der Waals surface area contributed by atoms with E-state index in [2.05, 4.69) is 34.1 Å². The van der Waals surface area contributed by atoms with Crippen LogP contribution in [0.5, 0.6) is 17.2 Å². The number of aryl methyl sites for hydroxylation is 2. The minimum absolute atomic E-state index is 0.0253. The van der Waals surface area contributed by atoms with Gasteiger partial charge in [-0.3, -0.25) is 27.8 Å². The fourth-order valence-electron chi connectivity index (χ4n) is 5.90. The van der Waals surface area contributed by atoms with Crippen molar-refractivity contribution in [3.8, 4) is 17.2 Å². The molecule has 4 aromatic carbocycles. The minimum Gasteiger partial charge on any atom is -0.505 e. The van der Waals surface area contributed by atoms with Crippen molar-refractivity contribution in [3.63, 3.8) is 0 Å². The van der Waals surface area contributed by atoms with Crippen molar-refractivity contribution in [1.29, 1.82) is 0 Å². The van der Waals surface area contributed by atoms with Crippen LogP contribution >= 0.6 is 0 Å². The number of hydrogen-bond donors (Lipinski definition) is 6. The van der Waals surface area contributed by atoms with Gasteiger partial charge in [0.1, 0.15) is 38.4 Å². The Bertz CT molecular complexity index is 3470. The van der Waals surface area contributed by atoms with Crippen molar-refractivity contribution in [2.24, 2.45) is 20.5 Å². The summed E-state index contributed by atoms with van der Waals surface area (Å²) < 4.78 is 202. The first-order valence-corrected chi connectivity index (χ1v) is 27.0. The lowest BCUT2D eigenvalue weighted by atomic mass is 10.1. The minimum atomic E-state index is -5.39. The monoisotopic (exact) mass is 1080 g/mol. The molecule has 68 heavy (non-hydrogen) atoms. The number of carbonyl (C=O) groups excluding carboxylic acids is 2. The summed E-state index contributed by atoms with van der Waals surface area (Å²) in [5.74, 6) is -6.11. The lowest BCUT2D eigenvalue weighted by Crippen LogP contribution is -2.32. The molecule has 0 saturated carbocycles. The number of phenolic OH excluding ortho intramolecular Hbond substituents is 1. The molecule has 0 radical (unpaired) electrons. The first kappa shape index (κ1) is 54.9. The molecule has 1 amide bonds. The number of fused-ring (bicyclic) bond motifs is 1. The van der Waals surface area contributed by atoms with Gasteiger partial charge >= 0.3 is 20.8 Å². The quantitative estimate of drug-likeness (QED) is 0.0397. The number of hydrogen-bond acceptors (Lipinski definition) is 23. The number of benzene rings is 4. The van der Waals surface area contributed by atoms with Crippen molar-refractivity contribution < 1.29 is 101 Å². The van der Waals surface area contributed by atoms with Crippen LogP contribution in [0.25, 0.3) is 10.8 Å². The maximum atomic E-state index is 13.6. The number of phenols is 1. The highest BCUT2D eigenvalue weighted by molar-refractivity contribution is 7.92. The molecule has 28 nitrogen and oxygen atoms in total. The Balaban J connectivity index is 1.80. The predicted molar refractivity (Wildman–Crippen MR) is 232 cm³/mol. The van der Waals surface area contributed by atoms with Crippen LogP contribution in [0, 0.1) is 13.8 Å². The fraction of sp³-hybridized carbons (Fsp3) is 0.294. The summed E-state index contributed by atoms with van der Waals surface area (Å²) in [7, 11) is -27.2. The van der Waals surface area contributed by atoms with Crippen LogP contribution in [0.1, 0.15) is 18.1 Å². The average Bonchev–Trinajstić information content (AvgIpc) is 3.18. The van der Waals surface area contributed by atoms with E-state index >= 15 is 0 Å². The Morgan fingerprint density at radius 3 is 1.47 bits per heavy atom. The smallest absolute Gasteiger partial charge is 0.397 e. The summed E-state index contributed by atoms with van der Waals surface area (Å²) in [6.07, 6.45) is 0. The van der Waals surface area contributed by atoms with Crippen molar-refractivity contribution >= 4 is 106 Å². The summed E-state index contributed by atoms with van der Waals surface area (Å²) in [4.78, 5) is 23.1. The van der Waals surface area contributed by atoms with E-state index in [4.69, 9.17) is 18.6 Å². The standard InChI is InChI=1S/C34H37N5O23S6/c1-17-10-22(25(59-4)15-27(17)63(43,44)8-6-61-67(53,54)55)36-38-31(19(3)40)34(42)35-24-14-21-20(12-29(24)65(47,48)49)13-30(66(50,51)52)32(33(21)41)39-37-23-11-18(2)28(16-26(23)60-5)64(45,46)9-7-62-68(56,57)58/h10-16,31,41H,6-9H2,1-5H3,(H,35,42)(H,47,48,49)(H,50,51,52)(H,53,54,55)(H,56,57,58). The molecule has 0 saturated heterocycles. The van der Waals surface area contributed by atoms with E-state index in [1.807, 2.05) is 0 Å². The zero-order valence-electron chi connectivity index (χ0n) is 35.3. The average molecular weight is 1080 g/mol.